The summed E-state index contributed by atoms with van der Waals surface area (Å²) in [6, 6.07) is 6.85. The monoisotopic (exact) mass is 308 g/mol. The molecule has 1 aromatic carbocycles. The molecule has 1 heterocycles. The standard InChI is InChI=1S/C14H16N2O4S/c1-20-13(17)6-8-21(18,19)9-10-4-5-12(15)11-3-2-7-16-14(10)11/h2-5,7H,6,8-9,15H2,1H3. The van der Waals surface area contributed by atoms with E-state index < -0.39 is 15.8 Å². The van der Waals surface area contributed by atoms with Crippen LogP contribution >= 0.6 is 0 Å². The van der Waals surface area contributed by atoms with Crippen molar-refractivity contribution >= 4 is 32.4 Å². The molecule has 0 fully saturated rings. The molecule has 2 N–H and O–H groups in total. The zero-order valence-electron chi connectivity index (χ0n) is 11.6. The minimum Gasteiger partial charge on any atom is -0.469 e. The lowest BCUT2D eigenvalue weighted by Gasteiger charge is -2.08. The van der Waals surface area contributed by atoms with Crippen molar-refractivity contribution in [2.24, 2.45) is 0 Å². The number of nitrogen functional groups attached to an aromatic ring is 1. The second kappa shape index (κ2) is 6.09. The number of ether oxygens (including phenoxy) is 1. The minimum absolute atomic E-state index is 0.154. The lowest BCUT2D eigenvalue weighted by atomic mass is 10.1. The highest BCUT2D eigenvalue weighted by molar-refractivity contribution is 7.90. The molecule has 0 spiro atoms. The molecule has 0 bridgehead atoms. The molecule has 0 aliphatic heterocycles. The van der Waals surface area contributed by atoms with Crippen LogP contribution in [0.25, 0.3) is 10.9 Å². The summed E-state index contributed by atoms with van der Waals surface area (Å²) in [7, 11) is -2.20. The number of aromatic nitrogens is 1. The van der Waals surface area contributed by atoms with Gasteiger partial charge in [0.15, 0.2) is 9.84 Å². The van der Waals surface area contributed by atoms with Crippen LogP contribution in [-0.4, -0.2) is 32.2 Å². The van der Waals surface area contributed by atoms with E-state index in [1.54, 1.807) is 30.5 Å². The molecule has 6 nitrogen and oxygen atoms in total. The molecule has 0 atom stereocenters. The van der Waals surface area contributed by atoms with Gasteiger partial charge in [0.1, 0.15) is 0 Å². The van der Waals surface area contributed by atoms with Crippen molar-refractivity contribution in [3.63, 3.8) is 0 Å². The average molecular weight is 308 g/mol. The number of methoxy groups -OCH3 is 1. The zero-order valence-corrected chi connectivity index (χ0v) is 12.4. The number of hydrogen-bond donors (Lipinski definition) is 1. The van der Waals surface area contributed by atoms with Crippen LogP contribution in [0.1, 0.15) is 12.0 Å². The van der Waals surface area contributed by atoms with Crippen molar-refractivity contribution in [3.05, 3.63) is 36.0 Å². The Morgan fingerprint density at radius 3 is 2.81 bits per heavy atom. The first-order chi connectivity index (χ1) is 9.93. The number of carbonyl (C=O) groups excluding carboxylic acids is 1. The Bertz CT molecular complexity index is 772. The van der Waals surface area contributed by atoms with Crippen LogP contribution in [0.3, 0.4) is 0 Å². The smallest absolute Gasteiger partial charge is 0.306 e. The molecule has 112 valence electrons. The highest BCUT2D eigenvalue weighted by atomic mass is 32.2. The van der Waals surface area contributed by atoms with E-state index in [9.17, 15) is 13.2 Å². The summed E-state index contributed by atoms with van der Waals surface area (Å²) < 4.78 is 28.6. The molecule has 2 rings (SSSR count). The van der Waals surface area contributed by atoms with Crippen molar-refractivity contribution < 1.29 is 17.9 Å². The summed E-state index contributed by atoms with van der Waals surface area (Å²) >= 11 is 0. The van der Waals surface area contributed by atoms with E-state index in [-0.39, 0.29) is 17.9 Å². The molecule has 21 heavy (non-hydrogen) atoms. The predicted molar refractivity (Wildman–Crippen MR) is 80.3 cm³/mol. The quantitative estimate of drug-likeness (QED) is 0.660. The Morgan fingerprint density at radius 2 is 2.10 bits per heavy atom. The third kappa shape index (κ3) is 3.69. The molecule has 0 aliphatic rings. The fourth-order valence-electron chi connectivity index (χ4n) is 2.02. The van der Waals surface area contributed by atoms with Gasteiger partial charge in [-0.25, -0.2) is 8.42 Å². The second-order valence-electron chi connectivity index (χ2n) is 4.63. The average Bonchev–Trinajstić information content (AvgIpc) is 2.48. The van der Waals surface area contributed by atoms with Crippen LogP contribution in [0, 0.1) is 0 Å². The third-order valence-electron chi connectivity index (χ3n) is 3.11. The van der Waals surface area contributed by atoms with Crippen LogP contribution in [0.15, 0.2) is 30.5 Å². The molecular formula is C14H16N2O4S. The number of hydrogen-bond acceptors (Lipinski definition) is 6. The number of pyridine rings is 1. The number of benzene rings is 1. The fraction of sp³-hybridized carbons (Fsp3) is 0.286. The Labute approximate surface area is 122 Å². The SMILES string of the molecule is COC(=O)CCS(=O)(=O)Cc1ccc(N)c2cccnc12. The first-order valence-corrected chi connectivity index (χ1v) is 8.14. The molecule has 0 saturated heterocycles. The van der Waals surface area contributed by atoms with E-state index in [4.69, 9.17) is 5.73 Å². The normalized spacial score (nSPS) is 11.5. The third-order valence-corrected chi connectivity index (χ3v) is 4.68. The number of nitrogens with two attached hydrogens (primary N) is 1. The van der Waals surface area contributed by atoms with Gasteiger partial charge in [-0.05, 0) is 23.8 Å². The van der Waals surface area contributed by atoms with Gasteiger partial charge in [-0.1, -0.05) is 6.07 Å². The molecule has 2 aromatic rings. The van der Waals surface area contributed by atoms with Crippen molar-refractivity contribution in [1.29, 1.82) is 0 Å². The van der Waals surface area contributed by atoms with Gasteiger partial charge < -0.3 is 10.5 Å². The van der Waals surface area contributed by atoms with E-state index in [0.29, 0.717) is 16.8 Å². The number of rotatable bonds is 5. The maximum Gasteiger partial charge on any atom is 0.306 e. The highest BCUT2D eigenvalue weighted by Crippen LogP contribution is 2.24. The number of esters is 1. The van der Waals surface area contributed by atoms with Crippen molar-refractivity contribution in [1.82, 2.24) is 4.98 Å². The Hall–Kier alpha value is -2.15. The van der Waals surface area contributed by atoms with Crippen LogP contribution in [-0.2, 0) is 25.1 Å². The van der Waals surface area contributed by atoms with Crippen molar-refractivity contribution in [2.45, 2.75) is 12.2 Å². The maximum absolute atomic E-state index is 12.1. The van der Waals surface area contributed by atoms with Crippen LogP contribution in [0.5, 0.6) is 0 Å². The number of carbonyl (C=O) groups is 1. The second-order valence-corrected chi connectivity index (χ2v) is 6.82. The summed E-state index contributed by atoms with van der Waals surface area (Å²) in [6.07, 6.45) is 1.44. The van der Waals surface area contributed by atoms with Crippen molar-refractivity contribution in [3.8, 4) is 0 Å². The summed E-state index contributed by atoms with van der Waals surface area (Å²) in [5.41, 5.74) is 7.55. The minimum atomic E-state index is -3.43. The van der Waals surface area contributed by atoms with E-state index >= 15 is 0 Å². The Balaban J connectivity index is 2.27. The van der Waals surface area contributed by atoms with Gasteiger partial charge >= 0.3 is 5.97 Å². The highest BCUT2D eigenvalue weighted by Gasteiger charge is 2.17. The van der Waals surface area contributed by atoms with Gasteiger partial charge in [-0.3, -0.25) is 9.78 Å². The van der Waals surface area contributed by atoms with Gasteiger partial charge in [0.2, 0.25) is 0 Å². The van der Waals surface area contributed by atoms with E-state index in [1.807, 2.05) is 0 Å². The summed E-state index contributed by atoms with van der Waals surface area (Å²) in [5, 5.41) is 0.721. The van der Waals surface area contributed by atoms with E-state index in [0.717, 1.165) is 5.39 Å². The van der Waals surface area contributed by atoms with E-state index in [2.05, 4.69) is 9.72 Å². The lowest BCUT2D eigenvalue weighted by molar-refractivity contribution is -0.140. The summed E-state index contributed by atoms with van der Waals surface area (Å²) in [6.45, 7) is 0. The first kappa shape index (κ1) is 15.2. The lowest BCUT2D eigenvalue weighted by Crippen LogP contribution is -2.14. The molecule has 1 aromatic heterocycles. The summed E-state index contributed by atoms with van der Waals surface area (Å²) in [4.78, 5) is 15.3. The number of fused-ring (bicyclic) bond motifs is 1. The molecule has 0 aliphatic carbocycles. The number of anilines is 1. The molecule has 0 unspecified atom stereocenters. The Kier molecular flexibility index (Phi) is 4.42. The molecule has 0 saturated carbocycles. The zero-order chi connectivity index (χ0) is 15.5. The van der Waals surface area contributed by atoms with Gasteiger partial charge in [0, 0.05) is 17.3 Å². The number of sulfone groups is 1. The van der Waals surface area contributed by atoms with Gasteiger partial charge in [0.25, 0.3) is 0 Å². The van der Waals surface area contributed by atoms with Gasteiger partial charge in [-0.15, -0.1) is 0 Å². The van der Waals surface area contributed by atoms with Gasteiger partial charge in [-0.2, -0.15) is 0 Å². The van der Waals surface area contributed by atoms with Crippen molar-refractivity contribution in [2.75, 3.05) is 18.6 Å². The summed E-state index contributed by atoms with van der Waals surface area (Å²) in [5.74, 6) is -0.977. The fourth-order valence-corrected chi connectivity index (χ4v) is 3.35. The largest absolute Gasteiger partial charge is 0.469 e. The van der Waals surface area contributed by atoms with Gasteiger partial charge in [0.05, 0.1) is 30.6 Å². The van der Waals surface area contributed by atoms with Crippen LogP contribution < -0.4 is 5.73 Å². The van der Waals surface area contributed by atoms with E-state index in [1.165, 1.54) is 7.11 Å². The molecule has 0 amide bonds. The molecule has 7 heteroatoms. The molecular weight excluding hydrogens is 292 g/mol. The van der Waals surface area contributed by atoms with Crippen LogP contribution in [0.2, 0.25) is 0 Å². The molecule has 0 radical (unpaired) electrons. The van der Waals surface area contributed by atoms with Crippen LogP contribution in [0.4, 0.5) is 5.69 Å². The predicted octanol–water partition coefficient (Wildman–Crippen LogP) is 1.29. The maximum atomic E-state index is 12.1. The number of nitrogens with zero attached hydrogens (tertiary/aromatic N) is 1. The first-order valence-electron chi connectivity index (χ1n) is 6.32. The Morgan fingerprint density at radius 1 is 1.33 bits per heavy atom. The topological polar surface area (TPSA) is 99.4 Å².